The lowest BCUT2D eigenvalue weighted by Crippen LogP contribution is -2.25. The van der Waals surface area contributed by atoms with Crippen LogP contribution >= 0.6 is 11.3 Å². The van der Waals surface area contributed by atoms with Crippen molar-refractivity contribution in [2.45, 2.75) is 26.2 Å². The summed E-state index contributed by atoms with van der Waals surface area (Å²) in [5.74, 6) is -0.0951. The lowest BCUT2D eigenvalue weighted by atomic mass is 10.2. The number of nitrogen functional groups attached to an aromatic ring is 1. The van der Waals surface area contributed by atoms with Gasteiger partial charge in [-0.25, -0.2) is 0 Å². The van der Waals surface area contributed by atoms with Crippen LogP contribution in [-0.4, -0.2) is 25.7 Å². The maximum Gasteiger partial charge on any atom is 0.263 e. The molecule has 21 heavy (non-hydrogen) atoms. The third-order valence-corrected chi connectivity index (χ3v) is 4.42. The molecule has 0 unspecified atom stereocenters. The van der Waals surface area contributed by atoms with Gasteiger partial charge in [-0.1, -0.05) is 31.5 Å². The van der Waals surface area contributed by atoms with Gasteiger partial charge in [0.2, 0.25) is 0 Å². The monoisotopic (exact) mass is 306 g/mol. The Morgan fingerprint density at radius 2 is 2.05 bits per heavy atom. The highest BCUT2D eigenvalue weighted by Gasteiger charge is 2.15. The predicted octanol–water partition coefficient (Wildman–Crippen LogP) is 3.42. The smallest absolute Gasteiger partial charge is 0.263 e. The minimum Gasteiger partial charge on any atom is -0.397 e. The average Bonchev–Trinajstić information content (AvgIpc) is 2.84. The van der Waals surface area contributed by atoms with Crippen LogP contribution in [0.15, 0.2) is 24.3 Å². The van der Waals surface area contributed by atoms with Crippen molar-refractivity contribution in [1.82, 2.24) is 5.32 Å². The Labute approximate surface area is 129 Å². The molecule has 1 heterocycles. The van der Waals surface area contributed by atoms with Gasteiger partial charge in [0.25, 0.3) is 5.91 Å². The molecule has 0 aliphatic heterocycles. The van der Waals surface area contributed by atoms with Crippen molar-refractivity contribution in [3.63, 3.8) is 0 Å². The molecule has 1 aromatic heterocycles. The summed E-state index contributed by atoms with van der Waals surface area (Å²) >= 11 is 1.44. The standard InChI is InChI=1S/C16H22N2O2S/c1-2-3-10-20-11-6-9-18-16(19)15-14(17)12-7-4-5-8-13(12)21-15/h4-5,7-8H,2-3,6,9-11,17H2,1H3,(H,18,19). The molecule has 4 nitrogen and oxygen atoms in total. The normalized spacial score (nSPS) is 10.9. The predicted molar refractivity (Wildman–Crippen MR) is 88.9 cm³/mol. The lowest BCUT2D eigenvalue weighted by Gasteiger charge is -2.05. The van der Waals surface area contributed by atoms with Crippen molar-refractivity contribution in [2.24, 2.45) is 0 Å². The van der Waals surface area contributed by atoms with Crippen molar-refractivity contribution in [3.05, 3.63) is 29.1 Å². The highest BCUT2D eigenvalue weighted by molar-refractivity contribution is 7.21. The number of nitrogens with two attached hydrogens (primary N) is 1. The van der Waals surface area contributed by atoms with E-state index in [1.165, 1.54) is 11.3 Å². The fraction of sp³-hybridized carbons (Fsp3) is 0.438. The molecule has 0 saturated carbocycles. The minimum absolute atomic E-state index is 0.0951. The molecule has 1 aromatic carbocycles. The van der Waals surface area contributed by atoms with E-state index >= 15 is 0 Å². The van der Waals surface area contributed by atoms with Gasteiger partial charge in [-0.15, -0.1) is 11.3 Å². The second-order valence-corrected chi connectivity index (χ2v) is 5.97. The first-order valence-corrected chi connectivity index (χ1v) is 8.18. The zero-order chi connectivity index (χ0) is 15.1. The number of hydrogen-bond donors (Lipinski definition) is 2. The van der Waals surface area contributed by atoms with Crippen molar-refractivity contribution < 1.29 is 9.53 Å². The molecule has 0 radical (unpaired) electrons. The summed E-state index contributed by atoms with van der Waals surface area (Å²) in [5.41, 5.74) is 6.63. The van der Waals surface area contributed by atoms with Crippen molar-refractivity contribution >= 4 is 33.0 Å². The maximum atomic E-state index is 12.1. The first-order chi connectivity index (χ1) is 10.2. The van der Waals surface area contributed by atoms with E-state index in [-0.39, 0.29) is 5.91 Å². The summed E-state index contributed by atoms with van der Waals surface area (Å²) in [4.78, 5) is 12.7. The van der Waals surface area contributed by atoms with Crippen LogP contribution in [0.2, 0.25) is 0 Å². The van der Waals surface area contributed by atoms with Crippen LogP contribution in [0.3, 0.4) is 0 Å². The first kappa shape index (κ1) is 15.8. The zero-order valence-corrected chi connectivity index (χ0v) is 13.2. The van der Waals surface area contributed by atoms with E-state index in [2.05, 4.69) is 12.2 Å². The number of ether oxygens (including phenoxy) is 1. The van der Waals surface area contributed by atoms with E-state index in [4.69, 9.17) is 10.5 Å². The molecule has 3 N–H and O–H groups in total. The van der Waals surface area contributed by atoms with Gasteiger partial charge in [-0.05, 0) is 18.9 Å². The molecular formula is C16H22N2O2S. The number of unbranched alkanes of at least 4 members (excludes halogenated alkanes) is 1. The fourth-order valence-corrected chi connectivity index (χ4v) is 3.08. The summed E-state index contributed by atoms with van der Waals surface area (Å²) in [7, 11) is 0. The molecule has 0 aliphatic rings. The molecule has 0 saturated heterocycles. The Kier molecular flexibility index (Phi) is 6.02. The highest BCUT2D eigenvalue weighted by Crippen LogP contribution is 2.33. The van der Waals surface area contributed by atoms with Crippen LogP contribution in [0.5, 0.6) is 0 Å². The third-order valence-electron chi connectivity index (χ3n) is 3.23. The summed E-state index contributed by atoms with van der Waals surface area (Å²) < 4.78 is 6.50. The summed E-state index contributed by atoms with van der Waals surface area (Å²) in [6.45, 7) is 4.23. The molecule has 5 heteroatoms. The minimum atomic E-state index is -0.0951. The topological polar surface area (TPSA) is 64.3 Å². The van der Waals surface area contributed by atoms with E-state index in [9.17, 15) is 4.79 Å². The molecule has 0 spiro atoms. The number of rotatable bonds is 8. The summed E-state index contributed by atoms with van der Waals surface area (Å²) in [5, 5.41) is 3.86. The number of carbonyl (C=O) groups excluding carboxylic acids is 1. The summed E-state index contributed by atoms with van der Waals surface area (Å²) in [6, 6.07) is 7.81. The van der Waals surface area contributed by atoms with E-state index < -0.39 is 0 Å². The molecule has 0 aliphatic carbocycles. The van der Waals surface area contributed by atoms with E-state index in [1.807, 2.05) is 24.3 Å². The molecular weight excluding hydrogens is 284 g/mol. The molecule has 2 rings (SSSR count). The largest absolute Gasteiger partial charge is 0.397 e. The lowest BCUT2D eigenvalue weighted by molar-refractivity contribution is 0.0945. The number of nitrogens with one attached hydrogen (secondary N) is 1. The molecule has 0 bridgehead atoms. The number of thiophene rings is 1. The SMILES string of the molecule is CCCCOCCCNC(=O)c1sc2ccccc2c1N. The fourth-order valence-electron chi connectivity index (χ4n) is 2.04. The molecule has 0 fully saturated rings. The van der Waals surface area contributed by atoms with Crippen LogP contribution in [0.4, 0.5) is 5.69 Å². The van der Waals surface area contributed by atoms with Gasteiger partial charge >= 0.3 is 0 Å². The second-order valence-electron chi connectivity index (χ2n) is 4.92. The zero-order valence-electron chi connectivity index (χ0n) is 12.4. The van der Waals surface area contributed by atoms with Gasteiger partial charge in [0, 0.05) is 29.8 Å². The van der Waals surface area contributed by atoms with Gasteiger partial charge in [0.15, 0.2) is 0 Å². The molecule has 0 atom stereocenters. The first-order valence-electron chi connectivity index (χ1n) is 7.37. The Bertz CT molecular complexity index is 595. The summed E-state index contributed by atoms with van der Waals surface area (Å²) in [6.07, 6.45) is 3.05. The Morgan fingerprint density at radius 1 is 1.29 bits per heavy atom. The number of benzene rings is 1. The third kappa shape index (κ3) is 4.19. The number of fused-ring (bicyclic) bond motifs is 1. The average molecular weight is 306 g/mol. The number of carbonyl (C=O) groups is 1. The van der Waals surface area contributed by atoms with Gasteiger partial charge in [0.05, 0.1) is 5.69 Å². The highest BCUT2D eigenvalue weighted by atomic mass is 32.1. The molecule has 1 amide bonds. The second kappa shape index (κ2) is 8.00. The van der Waals surface area contributed by atoms with Crippen LogP contribution < -0.4 is 11.1 Å². The quantitative estimate of drug-likeness (QED) is 0.734. The van der Waals surface area contributed by atoms with Crippen LogP contribution in [0.1, 0.15) is 35.9 Å². The van der Waals surface area contributed by atoms with Gasteiger partial charge in [-0.2, -0.15) is 0 Å². The van der Waals surface area contributed by atoms with Crippen molar-refractivity contribution in [2.75, 3.05) is 25.5 Å². The van der Waals surface area contributed by atoms with Gasteiger partial charge < -0.3 is 15.8 Å². The van der Waals surface area contributed by atoms with E-state index in [1.54, 1.807) is 0 Å². The van der Waals surface area contributed by atoms with Crippen LogP contribution in [-0.2, 0) is 4.74 Å². The molecule has 2 aromatic rings. The molecule has 114 valence electrons. The Balaban J connectivity index is 1.81. The number of hydrogen-bond acceptors (Lipinski definition) is 4. The Hall–Kier alpha value is -1.59. The van der Waals surface area contributed by atoms with Crippen molar-refractivity contribution in [1.29, 1.82) is 0 Å². The Morgan fingerprint density at radius 3 is 2.81 bits per heavy atom. The maximum absolute atomic E-state index is 12.1. The van der Waals surface area contributed by atoms with E-state index in [0.717, 1.165) is 36.0 Å². The van der Waals surface area contributed by atoms with E-state index in [0.29, 0.717) is 23.7 Å². The van der Waals surface area contributed by atoms with Crippen LogP contribution in [0, 0.1) is 0 Å². The van der Waals surface area contributed by atoms with Crippen molar-refractivity contribution in [3.8, 4) is 0 Å². The number of amides is 1. The van der Waals surface area contributed by atoms with Crippen LogP contribution in [0.25, 0.3) is 10.1 Å². The van der Waals surface area contributed by atoms with Gasteiger partial charge in [0.1, 0.15) is 4.88 Å². The van der Waals surface area contributed by atoms with Gasteiger partial charge in [-0.3, -0.25) is 4.79 Å². The number of anilines is 1.